The van der Waals surface area contributed by atoms with Gasteiger partial charge in [-0.2, -0.15) is 0 Å². The second-order valence-electron chi connectivity index (χ2n) is 3.69. The van der Waals surface area contributed by atoms with Crippen molar-refractivity contribution >= 4 is 17.3 Å². The summed E-state index contributed by atoms with van der Waals surface area (Å²) in [5.41, 5.74) is 11.9. The third kappa shape index (κ3) is 2.52. The standard InChI is InChI=1S/C11H20N4/c1-4-8(3)15(5-2)10-7-6-9(12)11(13)14-10/h6-8H,4-5,12H2,1-3H3,(H2,13,14). The summed E-state index contributed by atoms with van der Waals surface area (Å²) in [6, 6.07) is 4.19. The van der Waals surface area contributed by atoms with Gasteiger partial charge in [-0.15, -0.1) is 0 Å². The minimum atomic E-state index is 0.411. The number of nitrogens with two attached hydrogens (primary N) is 2. The number of pyridine rings is 1. The molecule has 4 heteroatoms. The Morgan fingerprint density at radius 2 is 2.00 bits per heavy atom. The summed E-state index contributed by atoms with van der Waals surface area (Å²) in [6.07, 6.45) is 1.08. The van der Waals surface area contributed by atoms with E-state index in [0.717, 1.165) is 18.8 Å². The van der Waals surface area contributed by atoms with Crippen molar-refractivity contribution in [1.82, 2.24) is 4.98 Å². The van der Waals surface area contributed by atoms with E-state index in [2.05, 4.69) is 30.7 Å². The Bertz CT molecular complexity index is 324. The van der Waals surface area contributed by atoms with Crippen LogP contribution in [0.15, 0.2) is 12.1 Å². The second kappa shape index (κ2) is 4.87. The fourth-order valence-corrected chi connectivity index (χ4v) is 1.55. The van der Waals surface area contributed by atoms with Crippen molar-refractivity contribution in [3.8, 4) is 0 Å². The first-order valence-electron chi connectivity index (χ1n) is 5.38. The summed E-state index contributed by atoms with van der Waals surface area (Å²) in [5.74, 6) is 1.31. The van der Waals surface area contributed by atoms with Crippen LogP contribution in [0.5, 0.6) is 0 Å². The number of nitrogen functional groups attached to an aromatic ring is 2. The van der Waals surface area contributed by atoms with Crippen LogP contribution >= 0.6 is 0 Å². The smallest absolute Gasteiger partial charge is 0.149 e. The predicted molar refractivity (Wildman–Crippen MR) is 65.8 cm³/mol. The molecule has 1 aromatic heterocycles. The minimum absolute atomic E-state index is 0.411. The van der Waals surface area contributed by atoms with Crippen molar-refractivity contribution in [2.24, 2.45) is 0 Å². The maximum Gasteiger partial charge on any atom is 0.149 e. The number of aromatic nitrogens is 1. The Hall–Kier alpha value is -1.45. The molecule has 0 aromatic carbocycles. The van der Waals surface area contributed by atoms with Crippen molar-refractivity contribution < 1.29 is 0 Å². The lowest BCUT2D eigenvalue weighted by Gasteiger charge is -2.28. The maximum absolute atomic E-state index is 5.69. The van der Waals surface area contributed by atoms with Crippen LogP contribution < -0.4 is 16.4 Å². The highest BCUT2D eigenvalue weighted by atomic mass is 15.2. The topological polar surface area (TPSA) is 68.2 Å². The summed E-state index contributed by atoms with van der Waals surface area (Å²) >= 11 is 0. The fourth-order valence-electron chi connectivity index (χ4n) is 1.55. The number of anilines is 3. The van der Waals surface area contributed by atoms with Gasteiger partial charge >= 0.3 is 0 Å². The summed E-state index contributed by atoms with van der Waals surface area (Å²) in [5, 5.41) is 0. The van der Waals surface area contributed by atoms with E-state index in [1.807, 2.05) is 12.1 Å². The lowest BCUT2D eigenvalue weighted by molar-refractivity contribution is 0.623. The van der Waals surface area contributed by atoms with E-state index in [0.29, 0.717) is 17.5 Å². The molecule has 15 heavy (non-hydrogen) atoms. The van der Waals surface area contributed by atoms with Gasteiger partial charge in [0.2, 0.25) is 0 Å². The van der Waals surface area contributed by atoms with Gasteiger partial charge in [-0.05, 0) is 32.4 Å². The first kappa shape index (κ1) is 11.6. The highest BCUT2D eigenvalue weighted by Crippen LogP contribution is 2.20. The summed E-state index contributed by atoms with van der Waals surface area (Å²) in [6.45, 7) is 7.37. The molecule has 1 atom stereocenters. The molecule has 1 rings (SSSR count). The molecule has 0 radical (unpaired) electrons. The van der Waals surface area contributed by atoms with Crippen molar-refractivity contribution in [3.63, 3.8) is 0 Å². The molecular weight excluding hydrogens is 188 g/mol. The predicted octanol–water partition coefficient (Wildman–Crippen LogP) is 1.87. The molecule has 0 amide bonds. The lowest BCUT2D eigenvalue weighted by Crippen LogP contribution is -2.33. The fraction of sp³-hybridized carbons (Fsp3) is 0.545. The molecule has 1 aromatic rings. The quantitative estimate of drug-likeness (QED) is 0.792. The van der Waals surface area contributed by atoms with Gasteiger partial charge in [-0.1, -0.05) is 6.92 Å². The Morgan fingerprint density at radius 3 is 2.47 bits per heavy atom. The molecule has 0 aliphatic heterocycles. The van der Waals surface area contributed by atoms with E-state index in [1.54, 1.807) is 0 Å². The van der Waals surface area contributed by atoms with Crippen LogP contribution in [0.2, 0.25) is 0 Å². The van der Waals surface area contributed by atoms with Crippen LogP contribution in [0, 0.1) is 0 Å². The number of hydrogen-bond donors (Lipinski definition) is 2. The molecular formula is C11H20N4. The van der Waals surface area contributed by atoms with Gasteiger partial charge in [0.25, 0.3) is 0 Å². The summed E-state index contributed by atoms with van der Waals surface area (Å²) < 4.78 is 0. The van der Waals surface area contributed by atoms with Gasteiger partial charge in [0.15, 0.2) is 0 Å². The van der Waals surface area contributed by atoms with Gasteiger partial charge in [-0.25, -0.2) is 4.98 Å². The lowest BCUT2D eigenvalue weighted by atomic mass is 10.2. The Kier molecular flexibility index (Phi) is 3.77. The van der Waals surface area contributed by atoms with E-state index in [-0.39, 0.29) is 0 Å². The van der Waals surface area contributed by atoms with Crippen LogP contribution in [0.3, 0.4) is 0 Å². The molecule has 84 valence electrons. The Labute approximate surface area is 91.3 Å². The normalized spacial score (nSPS) is 12.5. The number of hydrogen-bond acceptors (Lipinski definition) is 4. The molecule has 0 bridgehead atoms. The first-order chi connectivity index (χ1) is 7.10. The molecule has 0 aliphatic carbocycles. The van der Waals surface area contributed by atoms with Gasteiger partial charge in [0, 0.05) is 12.6 Å². The zero-order valence-electron chi connectivity index (χ0n) is 9.70. The molecule has 1 unspecified atom stereocenters. The average molecular weight is 208 g/mol. The highest BCUT2D eigenvalue weighted by Gasteiger charge is 2.12. The third-order valence-electron chi connectivity index (χ3n) is 2.70. The van der Waals surface area contributed by atoms with E-state index in [9.17, 15) is 0 Å². The van der Waals surface area contributed by atoms with Crippen molar-refractivity contribution in [2.75, 3.05) is 22.9 Å². The van der Waals surface area contributed by atoms with E-state index in [4.69, 9.17) is 11.5 Å². The van der Waals surface area contributed by atoms with Crippen LogP contribution in [-0.4, -0.2) is 17.6 Å². The molecule has 0 saturated carbocycles. The van der Waals surface area contributed by atoms with Crippen LogP contribution in [-0.2, 0) is 0 Å². The van der Waals surface area contributed by atoms with Crippen LogP contribution in [0.1, 0.15) is 27.2 Å². The zero-order valence-corrected chi connectivity index (χ0v) is 9.70. The molecule has 0 aliphatic rings. The van der Waals surface area contributed by atoms with Gasteiger partial charge in [0.05, 0.1) is 5.69 Å². The second-order valence-corrected chi connectivity index (χ2v) is 3.69. The first-order valence-corrected chi connectivity index (χ1v) is 5.38. The molecule has 0 saturated heterocycles. The maximum atomic E-state index is 5.69. The highest BCUT2D eigenvalue weighted by molar-refractivity contribution is 5.62. The van der Waals surface area contributed by atoms with Gasteiger partial charge in [0.1, 0.15) is 11.6 Å². The van der Waals surface area contributed by atoms with E-state index in [1.165, 1.54) is 0 Å². The van der Waals surface area contributed by atoms with E-state index >= 15 is 0 Å². The van der Waals surface area contributed by atoms with Crippen LogP contribution in [0.4, 0.5) is 17.3 Å². The monoisotopic (exact) mass is 208 g/mol. The van der Waals surface area contributed by atoms with Crippen molar-refractivity contribution in [3.05, 3.63) is 12.1 Å². The summed E-state index contributed by atoms with van der Waals surface area (Å²) in [4.78, 5) is 6.51. The SMILES string of the molecule is CCC(C)N(CC)c1ccc(N)c(N)n1. The Balaban J connectivity index is 2.97. The third-order valence-corrected chi connectivity index (χ3v) is 2.70. The van der Waals surface area contributed by atoms with Crippen molar-refractivity contribution in [2.45, 2.75) is 33.2 Å². The largest absolute Gasteiger partial charge is 0.396 e. The van der Waals surface area contributed by atoms with E-state index < -0.39 is 0 Å². The van der Waals surface area contributed by atoms with Crippen LogP contribution in [0.25, 0.3) is 0 Å². The number of nitrogens with zero attached hydrogens (tertiary/aromatic N) is 2. The van der Waals surface area contributed by atoms with Gasteiger partial charge in [-0.3, -0.25) is 0 Å². The number of rotatable bonds is 4. The molecule has 1 heterocycles. The van der Waals surface area contributed by atoms with Crippen molar-refractivity contribution in [1.29, 1.82) is 0 Å². The Morgan fingerprint density at radius 1 is 1.33 bits per heavy atom. The van der Waals surface area contributed by atoms with Gasteiger partial charge < -0.3 is 16.4 Å². The zero-order chi connectivity index (χ0) is 11.4. The molecule has 4 nitrogen and oxygen atoms in total. The average Bonchev–Trinajstić information content (AvgIpc) is 2.24. The molecule has 4 N–H and O–H groups in total. The summed E-state index contributed by atoms with van der Waals surface area (Å²) in [7, 11) is 0. The minimum Gasteiger partial charge on any atom is -0.396 e. The molecule has 0 fully saturated rings. The molecule has 0 spiro atoms.